The standard InChI is InChI=1S/2C18H25N5O3.C4H4O4/c2*1-14-17(24)19-18(25)23(20-14)9-5-8-21-10-12-22(13-11-21)15-6-3-4-7-16(15)26-2;5-3(6)1-2-4(7)8/h2*3-4,6-7H,5,8-13H2,1-2H3,(H,19,24,25);1-2H,(H,5,6)(H,7,8)/b;;2-1+. The van der Waals surface area contributed by atoms with Gasteiger partial charge in [0.25, 0.3) is 11.1 Å². The van der Waals surface area contributed by atoms with Gasteiger partial charge >= 0.3 is 23.3 Å². The number of piperazine rings is 2. The molecule has 0 radical (unpaired) electrons. The van der Waals surface area contributed by atoms with Crippen molar-refractivity contribution < 1.29 is 29.3 Å². The summed E-state index contributed by atoms with van der Waals surface area (Å²) in [5.74, 6) is -0.709. The van der Waals surface area contributed by atoms with Gasteiger partial charge in [0, 0.05) is 90.7 Å². The molecule has 0 atom stereocenters. The van der Waals surface area contributed by atoms with E-state index in [1.165, 1.54) is 9.36 Å². The number of aliphatic carboxylic acids is 2. The lowest BCUT2D eigenvalue weighted by molar-refractivity contribution is -0.134. The number of hydrogen-bond acceptors (Lipinski definition) is 14. The quantitative estimate of drug-likeness (QED) is 0.127. The second kappa shape index (κ2) is 23.2. The molecular weight excluding hydrogens is 780 g/mol. The number of carboxylic acid groups (broad SMARTS) is 2. The number of ether oxygens (including phenoxy) is 2. The van der Waals surface area contributed by atoms with Gasteiger partial charge < -0.3 is 29.5 Å². The molecule has 2 fully saturated rings. The Hall–Kier alpha value is -6.54. The monoisotopic (exact) mass is 834 g/mol. The van der Waals surface area contributed by atoms with Crippen molar-refractivity contribution in [3.63, 3.8) is 0 Å². The Kier molecular flexibility index (Phi) is 17.8. The highest BCUT2D eigenvalue weighted by atomic mass is 16.5. The van der Waals surface area contributed by atoms with Crippen LogP contribution in [0.1, 0.15) is 24.2 Å². The van der Waals surface area contributed by atoms with Gasteiger partial charge in [-0.3, -0.25) is 29.4 Å². The van der Waals surface area contributed by atoms with E-state index < -0.39 is 34.4 Å². The highest BCUT2D eigenvalue weighted by Crippen LogP contribution is 2.29. The number of aryl methyl sites for hydroxylation is 4. The van der Waals surface area contributed by atoms with Gasteiger partial charge in [-0.1, -0.05) is 24.3 Å². The number of nitrogens with one attached hydrogen (secondary N) is 2. The third kappa shape index (κ3) is 14.1. The number of nitrogens with zero attached hydrogens (tertiary/aromatic N) is 8. The van der Waals surface area contributed by atoms with E-state index in [2.05, 4.69) is 51.9 Å². The third-order valence-corrected chi connectivity index (χ3v) is 9.76. The Bertz CT molecular complexity index is 2130. The summed E-state index contributed by atoms with van der Waals surface area (Å²) in [5.41, 5.74) is 1.17. The van der Waals surface area contributed by atoms with Crippen LogP contribution in [0.25, 0.3) is 0 Å². The average molecular weight is 835 g/mol. The number of benzene rings is 2. The normalized spacial score (nSPS) is 14.5. The molecule has 2 aromatic carbocycles. The van der Waals surface area contributed by atoms with E-state index in [0.29, 0.717) is 36.6 Å². The lowest BCUT2D eigenvalue weighted by Gasteiger charge is -2.36. The molecule has 0 spiro atoms. The zero-order valence-corrected chi connectivity index (χ0v) is 34.4. The van der Waals surface area contributed by atoms with E-state index in [0.717, 1.165) is 101 Å². The Morgan fingerprint density at radius 2 is 0.950 bits per heavy atom. The molecule has 0 aliphatic carbocycles. The van der Waals surface area contributed by atoms with Gasteiger partial charge in [0.1, 0.15) is 22.9 Å². The summed E-state index contributed by atoms with van der Waals surface area (Å²) in [4.78, 5) is 79.3. The summed E-state index contributed by atoms with van der Waals surface area (Å²) in [5, 5.41) is 23.7. The molecule has 2 aliphatic heterocycles. The molecule has 6 rings (SSSR count). The first kappa shape index (κ1) is 46.2. The van der Waals surface area contributed by atoms with E-state index in [4.69, 9.17) is 19.7 Å². The van der Waals surface area contributed by atoms with Crippen molar-refractivity contribution in [1.82, 2.24) is 39.3 Å². The molecular formula is C40H54N10O10. The molecule has 324 valence electrons. The number of aromatic nitrogens is 6. The van der Waals surface area contributed by atoms with Crippen LogP contribution < -0.4 is 41.8 Å². The molecule has 20 heteroatoms. The van der Waals surface area contributed by atoms with Gasteiger partial charge in [0.05, 0.1) is 25.6 Å². The number of carboxylic acids is 2. The van der Waals surface area contributed by atoms with Crippen molar-refractivity contribution in [2.24, 2.45) is 0 Å². The Balaban J connectivity index is 0.000000224. The van der Waals surface area contributed by atoms with Crippen molar-refractivity contribution in [3.8, 4) is 11.5 Å². The first-order chi connectivity index (χ1) is 28.8. The van der Waals surface area contributed by atoms with E-state index in [1.54, 1.807) is 28.1 Å². The number of aromatic amines is 2. The number of hydrogen-bond donors (Lipinski definition) is 4. The number of rotatable bonds is 14. The van der Waals surface area contributed by atoms with Crippen molar-refractivity contribution in [2.75, 3.05) is 89.5 Å². The second-order valence-corrected chi connectivity index (χ2v) is 13.9. The number of anilines is 2. The van der Waals surface area contributed by atoms with Gasteiger partial charge in [-0.15, -0.1) is 0 Å². The maximum Gasteiger partial charge on any atom is 0.344 e. The van der Waals surface area contributed by atoms with Crippen LogP contribution in [0, 0.1) is 13.8 Å². The largest absolute Gasteiger partial charge is 0.495 e. The molecule has 0 unspecified atom stereocenters. The SMILES string of the molecule is COc1ccccc1N1CCN(CCCn2nc(C)c(=O)[nH]c2=O)CC1.COc1ccccc1N1CCN(CCCn2nc(C)c(=O)[nH]c2=O)CC1.O=C(O)/C=C/C(=O)O. The predicted octanol–water partition coefficient (Wildman–Crippen LogP) is 0.634. The number of carbonyl (C=O) groups is 2. The lowest BCUT2D eigenvalue weighted by Crippen LogP contribution is -2.47. The molecule has 60 heavy (non-hydrogen) atoms. The molecule has 0 amide bonds. The van der Waals surface area contributed by atoms with Crippen LogP contribution in [0.5, 0.6) is 11.5 Å². The van der Waals surface area contributed by atoms with Gasteiger partial charge in [-0.25, -0.2) is 28.5 Å². The number of para-hydroxylation sites is 4. The number of H-pyrrole nitrogens is 2. The summed E-state index contributed by atoms with van der Waals surface area (Å²) in [6.45, 7) is 13.6. The third-order valence-electron chi connectivity index (χ3n) is 9.76. The smallest absolute Gasteiger partial charge is 0.344 e. The molecule has 2 aliphatic rings. The van der Waals surface area contributed by atoms with Gasteiger partial charge in [-0.05, 0) is 51.0 Å². The topological polar surface area (TPSA) is 242 Å². The number of methoxy groups -OCH3 is 2. The predicted molar refractivity (Wildman–Crippen MR) is 225 cm³/mol. The van der Waals surface area contributed by atoms with Crippen LogP contribution in [0.3, 0.4) is 0 Å². The lowest BCUT2D eigenvalue weighted by atomic mass is 10.2. The fourth-order valence-electron chi connectivity index (χ4n) is 6.59. The van der Waals surface area contributed by atoms with Crippen molar-refractivity contribution >= 4 is 23.3 Å². The first-order valence-electron chi connectivity index (χ1n) is 19.5. The zero-order chi connectivity index (χ0) is 43.6. The first-order valence-corrected chi connectivity index (χ1v) is 19.5. The van der Waals surface area contributed by atoms with E-state index in [-0.39, 0.29) is 0 Å². The van der Waals surface area contributed by atoms with Crippen LogP contribution in [0.2, 0.25) is 0 Å². The Morgan fingerprint density at radius 1 is 0.600 bits per heavy atom. The summed E-state index contributed by atoms with van der Waals surface area (Å²) < 4.78 is 13.6. The maximum atomic E-state index is 11.7. The van der Waals surface area contributed by atoms with Crippen LogP contribution in [0.15, 0.2) is 79.9 Å². The van der Waals surface area contributed by atoms with Gasteiger partial charge in [0.15, 0.2) is 0 Å². The van der Waals surface area contributed by atoms with Gasteiger partial charge in [-0.2, -0.15) is 10.2 Å². The van der Waals surface area contributed by atoms with Crippen LogP contribution in [-0.2, 0) is 22.7 Å². The van der Waals surface area contributed by atoms with Crippen molar-refractivity contribution in [3.05, 3.63) is 114 Å². The van der Waals surface area contributed by atoms with Gasteiger partial charge in [0.2, 0.25) is 0 Å². The average Bonchev–Trinajstić information content (AvgIpc) is 3.24. The molecule has 4 heterocycles. The summed E-state index contributed by atoms with van der Waals surface area (Å²) in [6, 6.07) is 16.2. The van der Waals surface area contributed by atoms with Crippen LogP contribution in [0.4, 0.5) is 11.4 Å². The fourth-order valence-corrected chi connectivity index (χ4v) is 6.59. The van der Waals surface area contributed by atoms with Crippen LogP contribution in [-0.4, -0.2) is 141 Å². The Labute approximate surface area is 345 Å². The zero-order valence-electron chi connectivity index (χ0n) is 34.4. The summed E-state index contributed by atoms with van der Waals surface area (Å²) in [6.07, 6.45) is 2.74. The molecule has 2 aromatic heterocycles. The summed E-state index contributed by atoms with van der Waals surface area (Å²) in [7, 11) is 3.40. The highest BCUT2D eigenvalue weighted by Gasteiger charge is 2.21. The fraction of sp³-hybridized carbons (Fsp3) is 0.450. The second-order valence-electron chi connectivity index (χ2n) is 13.9. The summed E-state index contributed by atoms with van der Waals surface area (Å²) >= 11 is 0. The van der Waals surface area contributed by atoms with E-state index >= 15 is 0 Å². The minimum atomic E-state index is -1.26. The van der Waals surface area contributed by atoms with E-state index in [9.17, 15) is 28.8 Å². The Morgan fingerprint density at radius 3 is 1.28 bits per heavy atom. The molecule has 0 bridgehead atoms. The van der Waals surface area contributed by atoms with E-state index in [1.807, 2.05) is 36.4 Å². The minimum Gasteiger partial charge on any atom is -0.495 e. The minimum absolute atomic E-state index is 0.315. The van der Waals surface area contributed by atoms with Crippen LogP contribution >= 0.6 is 0 Å². The van der Waals surface area contributed by atoms with Crippen molar-refractivity contribution in [1.29, 1.82) is 0 Å². The molecule has 4 aromatic rings. The highest BCUT2D eigenvalue weighted by molar-refractivity contribution is 5.89. The maximum absolute atomic E-state index is 11.7. The molecule has 4 N–H and O–H groups in total. The molecule has 2 saturated heterocycles. The molecule has 0 saturated carbocycles. The molecule has 20 nitrogen and oxygen atoms in total. The van der Waals surface area contributed by atoms with Crippen molar-refractivity contribution in [2.45, 2.75) is 39.8 Å².